The third-order valence-corrected chi connectivity index (χ3v) is 3.96. The molecule has 1 aromatic heterocycles. The van der Waals surface area contributed by atoms with Crippen molar-refractivity contribution in [3.8, 4) is 0 Å². The largest absolute Gasteiger partial charge is 0.348 e. The topological polar surface area (TPSA) is 66.9 Å². The molecule has 0 unspecified atom stereocenters. The van der Waals surface area contributed by atoms with Gasteiger partial charge >= 0.3 is 0 Å². The summed E-state index contributed by atoms with van der Waals surface area (Å²) in [5.41, 5.74) is 5.55. The SMILES string of the molecule is Cc1ccc(CNC(=O)c2ccc(Nc3nc(C)cc(C)n3)cc2)cc1. The van der Waals surface area contributed by atoms with Gasteiger partial charge in [0, 0.05) is 29.2 Å². The minimum Gasteiger partial charge on any atom is -0.348 e. The van der Waals surface area contributed by atoms with Gasteiger partial charge in [-0.2, -0.15) is 0 Å². The fraction of sp³-hybridized carbons (Fsp3) is 0.190. The van der Waals surface area contributed by atoms with E-state index in [2.05, 4.69) is 20.6 Å². The molecule has 3 aromatic rings. The van der Waals surface area contributed by atoms with Gasteiger partial charge in [0.15, 0.2) is 0 Å². The number of carbonyl (C=O) groups is 1. The van der Waals surface area contributed by atoms with Crippen molar-refractivity contribution in [2.75, 3.05) is 5.32 Å². The van der Waals surface area contributed by atoms with Crippen LogP contribution in [0.5, 0.6) is 0 Å². The summed E-state index contributed by atoms with van der Waals surface area (Å²) in [5.74, 6) is 0.457. The van der Waals surface area contributed by atoms with E-state index >= 15 is 0 Å². The number of anilines is 2. The zero-order chi connectivity index (χ0) is 18.5. The number of hydrogen-bond acceptors (Lipinski definition) is 4. The van der Waals surface area contributed by atoms with Gasteiger partial charge in [-0.05, 0) is 56.7 Å². The Balaban J connectivity index is 1.61. The van der Waals surface area contributed by atoms with Crippen molar-refractivity contribution in [1.82, 2.24) is 15.3 Å². The zero-order valence-electron chi connectivity index (χ0n) is 15.2. The van der Waals surface area contributed by atoms with Crippen molar-refractivity contribution >= 4 is 17.5 Å². The summed E-state index contributed by atoms with van der Waals surface area (Å²) in [7, 11) is 0. The van der Waals surface area contributed by atoms with Gasteiger partial charge in [0.2, 0.25) is 5.95 Å². The maximum Gasteiger partial charge on any atom is 0.251 e. The molecule has 2 N–H and O–H groups in total. The molecule has 3 rings (SSSR count). The highest BCUT2D eigenvalue weighted by atomic mass is 16.1. The number of carbonyl (C=O) groups excluding carboxylic acids is 1. The summed E-state index contributed by atoms with van der Waals surface area (Å²) in [6.07, 6.45) is 0. The molecule has 0 saturated carbocycles. The number of benzene rings is 2. The monoisotopic (exact) mass is 346 g/mol. The van der Waals surface area contributed by atoms with Crippen LogP contribution in [0.4, 0.5) is 11.6 Å². The van der Waals surface area contributed by atoms with Crippen LogP contribution in [0.25, 0.3) is 0 Å². The van der Waals surface area contributed by atoms with E-state index in [4.69, 9.17) is 0 Å². The van der Waals surface area contributed by atoms with Gasteiger partial charge in [-0.25, -0.2) is 9.97 Å². The average Bonchev–Trinajstić information content (AvgIpc) is 2.61. The second-order valence-corrected chi connectivity index (χ2v) is 6.34. The van der Waals surface area contributed by atoms with Crippen LogP contribution in [-0.4, -0.2) is 15.9 Å². The fourth-order valence-corrected chi connectivity index (χ4v) is 2.61. The highest BCUT2D eigenvalue weighted by molar-refractivity contribution is 5.94. The van der Waals surface area contributed by atoms with E-state index in [9.17, 15) is 4.79 Å². The van der Waals surface area contributed by atoms with E-state index < -0.39 is 0 Å². The number of hydrogen-bond donors (Lipinski definition) is 2. The van der Waals surface area contributed by atoms with Crippen molar-refractivity contribution in [1.29, 1.82) is 0 Å². The second-order valence-electron chi connectivity index (χ2n) is 6.34. The summed E-state index contributed by atoms with van der Waals surface area (Å²) in [4.78, 5) is 21.0. The number of nitrogens with one attached hydrogen (secondary N) is 2. The Kier molecular flexibility index (Phi) is 5.27. The molecule has 1 heterocycles. The summed E-state index contributed by atoms with van der Waals surface area (Å²) < 4.78 is 0. The van der Waals surface area contributed by atoms with Gasteiger partial charge in [-0.15, -0.1) is 0 Å². The third kappa shape index (κ3) is 4.66. The van der Waals surface area contributed by atoms with Gasteiger partial charge in [-0.1, -0.05) is 29.8 Å². The van der Waals surface area contributed by atoms with E-state index in [1.165, 1.54) is 5.56 Å². The summed E-state index contributed by atoms with van der Waals surface area (Å²) in [6, 6.07) is 17.3. The Morgan fingerprint density at radius 2 is 1.50 bits per heavy atom. The van der Waals surface area contributed by atoms with Crippen LogP contribution in [0.3, 0.4) is 0 Å². The minimum atomic E-state index is -0.0974. The number of nitrogens with zero attached hydrogens (tertiary/aromatic N) is 2. The molecule has 0 fully saturated rings. The molecular formula is C21H22N4O. The van der Waals surface area contributed by atoms with Crippen LogP contribution < -0.4 is 10.6 Å². The van der Waals surface area contributed by atoms with E-state index in [-0.39, 0.29) is 5.91 Å². The summed E-state index contributed by atoms with van der Waals surface area (Å²) in [5, 5.41) is 6.10. The maximum atomic E-state index is 12.3. The van der Waals surface area contributed by atoms with Gasteiger partial charge in [-0.3, -0.25) is 4.79 Å². The third-order valence-electron chi connectivity index (χ3n) is 3.96. The lowest BCUT2D eigenvalue weighted by molar-refractivity contribution is 0.0951. The molecule has 0 aliphatic heterocycles. The molecule has 0 bridgehead atoms. The Morgan fingerprint density at radius 3 is 2.12 bits per heavy atom. The first-order valence-electron chi connectivity index (χ1n) is 8.53. The Labute approximate surface area is 153 Å². The van der Waals surface area contributed by atoms with E-state index in [0.717, 1.165) is 22.6 Å². The van der Waals surface area contributed by atoms with Crippen molar-refractivity contribution in [3.63, 3.8) is 0 Å². The van der Waals surface area contributed by atoms with Gasteiger partial charge in [0.25, 0.3) is 5.91 Å². The lowest BCUT2D eigenvalue weighted by Gasteiger charge is -2.08. The molecule has 0 saturated heterocycles. The standard InChI is InChI=1S/C21H22N4O/c1-14-4-6-17(7-5-14)13-22-20(26)18-8-10-19(11-9-18)25-21-23-15(2)12-16(3)24-21/h4-12H,13H2,1-3H3,(H,22,26)(H,23,24,25). The first-order valence-corrected chi connectivity index (χ1v) is 8.53. The Bertz CT molecular complexity index is 882. The lowest BCUT2D eigenvalue weighted by atomic mass is 10.1. The van der Waals surface area contributed by atoms with Crippen molar-refractivity contribution < 1.29 is 4.79 Å². The molecule has 0 atom stereocenters. The predicted octanol–water partition coefficient (Wildman–Crippen LogP) is 4.08. The first-order chi connectivity index (χ1) is 12.5. The first kappa shape index (κ1) is 17.6. The molecule has 0 spiro atoms. The van der Waals surface area contributed by atoms with Crippen LogP contribution in [0.15, 0.2) is 54.6 Å². The second kappa shape index (κ2) is 7.78. The number of amides is 1. The number of aromatic nitrogens is 2. The molecule has 0 aliphatic carbocycles. The smallest absolute Gasteiger partial charge is 0.251 e. The molecule has 0 aliphatic rings. The zero-order valence-corrected chi connectivity index (χ0v) is 15.2. The quantitative estimate of drug-likeness (QED) is 0.731. The van der Waals surface area contributed by atoms with Crippen LogP contribution in [0.1, 0.15) is 32.9 Å². The van der Waals surface area contributed by atoms with Crippen molar-refractivity contribution in [2.45, 2.75) is 27.3 Å². The molecule has 26 heavy (non-hydrogen) atoms. The highest BCUT2D eigenvalue weighted by Crippen LogP contribution is 2.15. The van der Waals surface area contributed by atoms with Crippen LogP contribution in [-0.2, 0) is 6.54 Å². The van der Waals surface area contributed by atoms with Gasteiger partial charge in [0.1, 0.15) is 0 Å². The fourth-order valence-electron chi connectivity index (χ4n) is 2.61. The normalized spacial score (nSPS) is 10.4. The van der Waals surface area contributed by atoms with Crippen LogP contribution in [0.2, 0.25) is 0 Å². The van der Waals surface area contributed by atoms with Crippen LogP contribution in [0, 0.1) is 20.8 Å². The minimum absolute atomic E-state index is 0.0974. The summed E-state index contributed by atoms with van der Waals surface area (Å²) >= 11 is 0. The number of rotatable bonds is 5. The van der Waals surface area contributed by atoms with E-state index in [0.29, 0.717) is 18.1 Å². The van der Waals surface area contributed by atoms with Crippen molar-refractivity contribution in [3.05, 3.63) is 82.7 Å². The highest BCUT2D eigenvalue weighted by Gasteiger charge is 2.06. The maximum absolute atomic E-state index is 12.3. The van der Waals surface area contributed by atoms with E-state index in [1.54, 1.807) is 12.1 Å². The van der Waals surface area contributed by atoms with Crippen LogP contribution >= 0.6 is 0 Å². The molecule has 132 valence electrons. The Morgan fingerprint density at radius 1 is 0.885 bits per heavy atom. The molecule has 5 nitrogen and oxygen atoms in total. The van der Waals surface area contributed by atoms with E-state index in [1.807, 2.05) is 63.2 Å². The molecule has 2 aromatic carbocycles. The van der Waals surface area contributed by atoms with Gasteiger partial charge < -0.3 is 10.6 Å². The molecule has 5 heteroatoms. The molecule has 1 amide bonds. The Hall–Kier alpha value is -3.21. The number of aryl methyl sites for hydroxylation is 3. The van der Waals surface area contributed by atoms with Crippen molar-refractivity contribution in [2.24, 2.45) is 0 Å². The predicted molar refractivity (Wildman–Crippen MR) is 104 cm³/mol. The summed E-state index contributed by atoms with van der Waals surface area (Å²) in [6.45, 7) is 6.42. The van der Waals surface area contributed by atoms with Gasteiger partial charge in [0.05, 0.1) is 0 Å². The molecular weight excluding hydrogens is 324 g/mol. The lowest BCUT2D eigenvalue weighted by Crippen LogP contribution is -2.22. The average molecular weight is 346 g/mol. The molecule has 0 radical (unpaired) electrons.